The SMILES string of the molecule is CC(C)C1CN2CCCCC2CN1C. The van der Waals surface area contributed by atoms with Gasteiger partial charge in [0, 0.05) is 25.2 Å². The second-order valence-electron chi connectivity index (χ2n) is 5.40. The topological polar surface area (TPSA) is 6.48 Å². The molecule has 0 amide bonds. The van der Waals surface area contributed by atoms with Gasteiger partial charge in [-0.15, -0.1) is 0 Å². The molecular formula is C12H24N2. The Labute approximate surface area is 88.3 Å². The first-order valence-corrected chi connectivity index (χ1v) is 6.13. The predicted octanol–water partition coefficient (Wildman–Crippen LogP) is 1.81. The Morgan fingerprint density at radius 3 is 2.64 bits per heavy atom. The molecule has 2 saturated heterocycles. The molecule has 0 radical (unpaired) electrons. The van der Waals surface area contributed by atoms with E-state index in [2.05, 4.69) is 30.7 Å². The van der Waals surface area contributed by atoms with Gasteiger partial charge in [0.2, 0.25) is 0 Å². The number of piperazine rings is 1. The first kappa shape index (κ1) is 10.4. The van der Waals surface area contributed by atoms with Gasteiger partial charge >= 0.3 is 0 Å². The molecule has 0 aromatic rings. The van der Waals surface area contributed by atoms with Crippen LogP contribution >= 0.6 is 0 Å². The molecule has 0 N–H and O–H groups in total. The fourth-order valence-electron chi connectivity index (χ4n) is 3.07. The van der Waals surface area contributed by atoms with Crippen molar-refractivity contribution in [1.29, 1.82) is 0 Å². The van der Waals surface area contributed by atoms with Crippen LogP contribution in [0.3, 0.4) is 0 Å². The van der Waals surface area contributed by atoms with Crippen molar-refractivity contribution in [2.45, 2.75) is 45.2 Å². The molecule has 2 atom stereocenters. The van der Waals surface area contributed by atoms with Crippen LogP contribution in [0.15, 0.2) is 0 Å². The van der Waals surface area contributed by atoms with Gasteiger partial charge < -0.3 is 4.90 Å². The van der Waals surface area contributed by atoms with E-state index in [0.717, 1.165) is 18.0 Å². The lowest BCUT2D eigenvalue weighted by atomic mass is 9.93. The average molecular weight is 196 g/mol. The van der Waals surface area contributed by atoms with Gasteiger partial charge in [-0.2, -0.15) is 0 Å². The molecule has 2 nitrogen and oxygen atoms in total. The third-order valence-corrected chi connectivity index (χ3v) is 4.01. The zero-order valence-electron chi connectivity index (χ0n) is 9.87. The van der Waals surface area contributed by atoms with E-state index in [1.54, 1.807) is 0 Å². The lowest BCUT2D eigenvalue weighted by molar-refractivity contribution is 0.00676. The Bertz CT molecular complexity index is 191. The van der Waals surface area contributed by atoms with Crippen molar-refractivity contribution in [3.63, 3.8) is 0 Å². The number of rotatable bonds is 1. The second kappa shape index (κ2) is 4.19. The summed E-state index contributed by atoms with van der Waals surface area (Å²) in [7, 11) is 2.30. The van der Waals surface area contributed by atoms with Gasteiger partial charge in [-0.05, 0) is 32.4 Å². The molecule has 0 spiro atoms. The van der Waals surface area contributed by atoms with Crippen molar-refractivity contribution < 1.29 is 0 Å². The molecule has 2 fully saturated rings. The van der Waals surface area contributed by atoms with Crippen LogP contribution in [0.25, 0.3) is 0 Å². The summed E-state index contributed by atoms with van der Waals surface area (Å²) in [5, 5.41) is 0. The van der Waals surface area contributed by atoms with Crippen molar-refractivity contribution in [2.75, 3.05) is 26.7 Å². The van der Waals surface area contributed by atoms with E-state index >= 15 is 0 Å². The fourth-order valence-corrected chi connectivity index (χ4v) is 3.07. The van der Waals surface area contributed by atoms with Gasteiger partial charge in [0.05, 0.1) is 0 Å². The van der Waals surface area contributed by atoms with Crippen LogP contribution in [-0.4, -0.2) is 48.6 Å². The minimum absolute atomic E-state index is 0.782. The third-order valence-electron chi connectivity index (χ3n) is 4.01. The van der Waals surface area contributed by atoms with E-state index in [4.69, 9.17) is 0 Å². The number of likely N-dealkylation sites (N-methyl/N-ethyl adjacent to an activating group) is 1. The zero-order chi connectivity index (χ0) is 10.1. The summed E-state index contributed by atoms with van der Waals surface area (Å²) in [4.78, 5) is 5.31. The van der Waals surface area contributed by atoms with Crippen molar-refractivity contribution in [2.24, 2.45) is 5.92 Å². The Balaban J connectivity index is 1.99. The molecule has 2 heterocycles. The number of hydrogen-bond acceptors (Lipinski definition) is 2. The van der Waals surface area contributed by atoms with E-state index < -0.39 is 0 Å². The molecule has 82 valence electrons. The summed E-state index contributed by atoms with van der Waals surface area (Å²) in [5.74, 6) is 0.794. The Morgan fingerprint density at radius 1 is 1.14 bits per heavy atom. The molecular weight excluding hydrogens is 172 g/mol. The van der Waals surface area contributed by atoms with Crippen molar-refractivity contribution in [1.82, 2.24) is 9.80 Å². The normalized spacial score (nSPS) is 36.0. The molecule has 2 unspecified atom stereocenters. The second-order valence-corrected chi connectivity index (χ2v) is 5.40. The predicted molar refractivity (Wildman–Crippen MR) is 60.5 cm³/mol. The number of hydrogen-bond donors (Lipinski definition) is 0. The van der Waals surface area contributed by atoms with Crippen LogP contribution < -0.4 is 0 Å². The molecule has 0 aromatic heterocycles. The molecule has 0 saturated carbocycles. The molecule has 0 aliphatic carbocycles. The highest BCUT2D eigenvalue weighted by molar-refractivity contribution is 4.90. The smallest absolute Gasteiger partial charge is 0.0243 e. The molecule has 14 heavy (non-hydrogen) atoms. The van der Waals surface area contributed by atoms with Crippen LogP contribution in [0.1, 0.15) is 33.1 Å². The maximum absolute atomic E-state index is 2.73. The molecule has 0 aromatic carbocycles. The van der Waals surface area contributed by atoms with Crippen LogP contribution in [-0.2, 0) is 0 Å². The van der Waals surface area contributed by atoms with Crippen molar-refractivity contribution in [3.05, 3.63) is 0 Å². The summed E-state index contributed by atoms with van der Waals surface area (Å²) in [6.45, 7) is 8.65. The zero-order valence-corrected chi connectivity index (χ0v) is 9.87. The van der Waals surface area contributed by atoms with Crippen LogP contribution in [0.5, 0.6) is 0 Å². The van der Waals surface area contributed by atoms with Crippen LogP contribution in [0.4, 0.5) is 0 Å². The Kier molecular flexibility index (Phi) is 3.13. The number of nitrogens with zero attached hydrogens (tertiary/aromatic N) is 2. The lowest BCUT2D eigenvalue weighted by Gasteiger charge is -2.48. The fraction of sp³-hybridized carbons (Fsp3) is 1.00. The number of piperidine rings is 1. The molecule has 2 aliphatic rings. The molecule has 2 heteroatoms. The standard InChI is InChI=1S/C12H24N2/c1-10(2)12-9-14-7-5-4-6-11(14)8-13(12)3/h10-12H,4-9H2,1-3H3. The summed E-state index contributed by atoms with van der Waals surface area (Å²) in [6.07, 6.45) is 4.29. The van der Waals surface area contributed by atoms with Crippen molar-refractivity contribution >= 4 is 0 Å². The first-order chi connectivity index (χ1) is 6.68. The minimum atomic E-state index is 0.782. The summed E-state index contributed by atoms with van der Waals surface area (Å²) in [5.41, 5.74) is 0. The van der Waals surface area contributed by atoms with Gasteiger partial charge in [-0.3, -0.25) is 4.90 Å². The van der Waals surface area contributed by atoms with E-state index in [1.165, 1.54) is 38.9 Å². The van der Waals surface area contributed by atoms with E-state index in [-0.39, 0.29) is 0 Å². The maximum atomic E-state index is 2.73. The Hall–Kier alpha value is -0.0800. The van der Waals surface area contributed by atoms with Crippen LogP contribution in [0, 0.1) is 5.92 Å². The minimum Gasteiger partial charge on any atom is -0.300 e. The summed E-state index contributed by atoms with van der Waals surface area (Å²) >= 11 is 0. The van der Waals surface area contributed by atoms with Gasteiger partial charge in [0.1, 0.15) is 0 Å². The summed E-state index contributed by atoms with van der Waals surface area (Å²) < 4.78 is 0. The van der Waals surface area contributed by atoms with Crippen molar-refractivity contribution in [3.8, 4) is 0 Å². The highest BCUT2D eigenvalue weighted by Crippen LogP contribution is 2.25. The largest absolute Gasteiger partial charge is 0.300 e. The van der Waals surface area contributed by atoms with Crippen LogP contribution in [0.2, 0.25) is 0 Å². The molecule has 2 rings (SSSR count). The average Bonchev–Trinajstić information content (AvgIpc) is 2.16. The quantitative estimate of drug-likeness (QED) is 0.631. The van der Waals surface area contributed by atoms with E-state index in [9.17, 15) is 0 Å². The monoisotopic (exact) mass is 196 g/mol. The maximum Gasteiger partial charge on any atom is 0.0243 e. The highest BCUT2D eigenvalue weighted by atomic mass is 15.3. The number of fused-ring (bicyclic) bond motifs is 1. The van der Waals surface area contributed by atoms with Gasteiger partial charge in [0.25, 0.3) is 0 Å². The van der Waals surface area contributed by atoms with Gasteiger partial charge in [0.15, 0.2) is 0 Å². The highest BCUT2D eigenvalue weighted by Gasteiger charge is 2.34. The molecule has 2 aliphatic heterocycles. The molecule has 0 bridgehead atoms. The van der Waals surface area contributed by atoms with E-state index in [1.807, 2.05) is 0 Å². The van der Waals surface area contributed by atoms with E-state index in [0.29, 0.717) is 0 Å². The lowest BCUT2D eigenvalue weighted by Crippen LogP contribution is -2.59. The van der Waals surface area contributed by atoms with Gasteiger partial charge in [-0.25, -0.2) is 0 Å². The third kappa shape index (κ3) is 1.96. The Morgan fingerprint density at radius 2 is 1.93 bits per heavy atom. The first-order valence-electron chi connectivity index (χ1n) is 6.13. The van der Waals surface area contributed by atoms with Gasteiger partial charge in [-0.1, -0.05) is 20.3 Å². The summed E-state index contributed by atoms with van der Waals surface area (Å²) in [6, 6.07) is 1.65.